The number of nitrogens with zero attached hydrogens (tertiary/aromatic N) is 1. The lowest BCUT2D eigenvalue weighted by Gasteiger charge is -2.09. The highest BCUT2D eigenvalue weighted by atomic mass is 16.3. The molecule has 0 amide bonds. The fourth-order valence-electron chi connectivity index (χ4n) is 3.22. The van der Waals surface area contributed by atoms with Gasteiger partial charge >= 0.3 is 0 Å². The van der Waals surface area contributed by atoms with E-state index < -0.39 is 0 Å². The molecule has 4 rings (SSSR count). The number of para-hydroxylation sites is 1. The Hall–Kier alpha value is -3.33. The molecule has 0 unspecified atom stereocenters. The monoisotopic (exact) mass is 370 g/mol. The molecule has 28 heavy (non-hydrogen) atoms. The summed E-state index contributed by atoms with van der Waals surface area (Å²) in [4.78, 5) is 4.49. The molecule has 1 aromatic heterocycles. The minimum absolute atomic E-state index is 0.879. The molecule has 0 aliphatic carbocycles. The van der Waals surface area contributed by atoms with Crippen molar-refractivity contribution in [2.45, 2.75) is 13.8 Å². The van der Waals surface area contributed by atoms with Crippen LogP contribution in [0.25, 0.3) is 27.6 Å². The Kier molecular flexibility index (Phi) is 6.28. The van der Waals surface area contributed by atoms with Gasteiger partial charge in [-0.05, 0) is 29.8 Å². The number of furan rings is 1. The molecule has 1 N–H and O–H groups in total. The zero-order valence-electron chi connectivity index (χ0n) is 16.9. The molecule has 1 heterocycles. The maximum atomic E-state index is 6.01. The second-order valence-corrected chi connectivity index (χ2v) is 6.09. The van der Waals surface area contributed by atoms with Crippen LogP contribution < -0.4 is 5.32 Å². The number of rotatable bonds is 4. The molecule has 3 aromatic carbocycles. The van der Waals surface area contributed by atoms with Crippen molar-refractivity contribution in [1.82, 2.24) is 5.32 Å². The zero-order valence-corrected chi connectivity index (χ0v) is 16.9. The van der Waals surface area contributed by atoms with Gasteiger partial charge in [-0.2, -0.15) is 0 Å². The molecule has 0 saturated heterocycles. The van der Waals surface area contributed by atoms with Gasteiger partial charge in [-0.1, -0.05) is 68.4 Å². The van der Waals surface area contributed by atoms with E-state index in [2.05, 4.69) is 52.8 Å². The molecular formula is C25H26N2O. The van der Waals surface area contributed by atoms with E-state index in [4.69, 9.17) is 4.42 Å². The Morgan fingerprint density at radius 1 is 0.821 bits per heavy atom. The molecule has 0 atom stereocenters. The molecule has 0 radical (unpaired) electrons. The van der Waals surface area contributed by atoms with Crippen LogP contribution in [0.15, 0.2) is 88.3 Å². The Balaban J connectivity index is 0.00000109. The quantitative estimate of drug-likeness (QED) is 0.429. The van der Waals surface area contributed by atoms with Crippen molar-refractivity contribution >= 4 is 33.3 Å². The molecule has 0 aliphatic rings. The molecule has 0 aliphatic heterocycles. The van der Waals surface area contributed by atoms with E-state index in [1.165, 1.54) is 0 Å². The average Bonchev–Trinajstić information content (AvgIpc) is 3.14. The highest BCUT2D eigenvalue weighted by molar-refractivity contribution is 6.14. The van der Waals surface area contributed by atoms with Crippen LogP contribution in [-0.2, 0) is 0 Å². The predicted octanol–water partition coefficient (Wildman–Crippen LogP) is 6.29. The van der Waals surface area contributed by atoms with Crippen LogP contribution in [0.4, 0.5) is 0 Å². The predicted molar refractivity (Wildman–Crippen MR) is 121 cm³/mol. The van der Waals surface area contributed by atoms with Crippen LogP contribution >= 0.6 is 0 Å². The van der Waals surface area contributed by atoms with Crippen LogP contribution in [-0.4, -0.2) is 19.8 Å². The molecule has 3 heteroatoms. The summed E-state index contributed by atoms with van der Waals surface area (Å²) in [6, 6.07) is 24.6. The lowest BCUT2D eigenvalue weighted by atomic mass is 10.0. The third kappa shape index (κ3) is 3.84. The molecule has 0 spiro atoms. The van der Waals surface area contributed by atoms with Gasteiger partial charge < -0.3 is 9.73 Å². The summed E-state index contributed by atoms with van der Waals surface area (Å²) in [5, 5.41) is 5.53. The first kappa shape index (κ1) is 19.4. The van der Waals surface area contributed by atoms with Crippen molar-refractivity contribution in [3.05, 3.63) is 90.0 Å². The Bertz CT molecular complexity index is 1120. The van der Waals surface area contributed by atoms with E-state index in [0.29, 0.717) is 0 Å². The summed E-state index contributed by atoms with van der Waals surface area (Å²) in [5.74, 6) is 0. The van der Waals surface area contributed by atoms with Crippen LogP contribution in [0, 0.1) is 0 Å². The summed E-state index contributed by atoms with van der Waals surface area (Å²) >= 11 is 0. The highest BCUT2D eigenvalue weighted by Crippen LogP contribution is 2.29. The maximum absolute atomic E-state index is 6.01. The fraction of sp³-hybridized carbons (Fsp3) is 0.160. The van der Waals surface area contributed by atoms with E-state index in [1.807, 2.05) is 64.3 Å². The molecule has 142 valence electrons. The van der Waals surface area contributed by atoms with Crippen molar-refractivity contribution < 1.29 is 4.42 Å². The SMILES string of the molecule is CC.CN=C(/C=C(\NC)c1ccccc1)c1ccc2c(c1)oc1ccccc12. The van der Waals surface area contributed by atoms with E-state index in [-0.39, 0.29) is 0 Å². The summed E-state index contributed by atoms with van der Waals surface area (Å²) in [6.07, 6.45) is 2.07. The van der Waals surface area contributed by atoms with Gasteiger partial charge in [0.1, 0.15) is 11.2 Å². The first-order valence-electron chi connectivity index (χ1n) is 9.63. The van der Waals surface area contributed by atoms with Gasteiger partial charge in [0.15, 0.2) is 0 Å². The lowest BCUT2D eigenvalue weighted by Crippen LogP contribution is -2.08. The number of aliphatic imine (C=N–C) groups is 1. The number of benzene rings is 3. The second kappa shape index (κ2) is 9.05. The summed E-state index contributed by atoms with van der Waals surface area (Å²) < 4.78 is 6.01. The molecular weight excluding hydrogens is 344 g/mol. The number of hydrogen-bond acceptors (Lipinski definition) is 3. The first-order valence-corrected chi connectivity index (χ1v) is 9.63. The third-order valence-corrected chi connectivity index (χ3v) is 4.55. The molecule has 3 nitrogen and oxygen atoms in total. The van der Waals surface area contributed by atoms with Crippen LogP contribution in [0.3, 0.4) is 0 Å². The first-order chi connectivity index (χ1) is 13.8. The summed E-state index contributed by atoms with van der Waals surface area (Å²) in [6.45, 7) is 4.00. The summed E-state index contributed by atoms with van der Waals surface area (Å²) in [5.41, 5.74) is 5.87. The van der Waals surface area contributed by atoms with E-state index in [0.717, 1.165) is 44.5 Å². The minimum Gasteiger partial charge on any atom is -0.456 e. The largest absolute Gasteiger partial charge is 0.456 e. The summed E-state index contributed by atoms with van der Waals surface area (Å²) in [7, 11) is 3.74. The van der Waals surface area contributed by atoms with Gasteiger partial charge in [0.2, 0.25) is 0 Å². The van der Waals surface area contributed by atoms with Crippen LogP contribution in [0.2, 0.25) is 0 Å². The highest BCUT2D eigenvalue weighted by Gasteiger charge is 2.10. The fourth-order valence-corrected chi connectivity index (χ4v) is 3.22. The second-order valence-electron chi connectivity index (χ2n) is 6.09. The van der Waals surface area contributed by atoms with Crippen molar-refractivity contribution in [2.24, 2.45) is 4.99 Å². The molecule has 0 bridgehead atoms. The Labute approximate surface area is 166 Å². The van der Waals surface area contributed by atoms with Crippen LogP contribution in [0.1, 0.15) is 25.0 Å². The van der Waals surface area contributed by atoms with E-state index in [1.54, 1.807) is 0 Å². The Morgan fingerprint density at radius 2 is 1.50 bits per heavy atom. The number of fused-ring (bicyclic) bond motifs is 3. The number of allylic oxidation sites excluding steroid dienone is 1. The third-order valence-electron chi connectivity index (χ3n) is 4.55. The normalized spacial score (nSPS) is 12.0. The van der Waals surface area contributed by atoms with Gasteiger partial charge in [-0.15, -0.1) is 0 Å². The number of nitrogens with one attached hydrogen (secondary N) is 1. The van der Waals surface area contributed by atoms with Gasteiger partial charge in [-0.25, -0.2) is 0 Å². The van der Waals surface area contributed by atoms with Gasteiger partial charge in [0, 0.05) is 36.1 Å². The molecule has 4 aromatic rings. The molecule has 0 fully saturated rings. The van der Waals surface area contributed by atoms with E-state index >= 15 is 0 Å². The lowest BCUT2D eigenvalue weighted by molar-refractivity contribution is 0.669. The van der Waals surface area contributed by atoms with Gasteiger partial charge in [-0.3, -0.25) is 4.99 Å². The van der Waals surface area contributed by atoms with Crippen molar-refractivity contribution in [2.75, 3.05) is 14.1 Å². The topological polar surface area (TPSA) is 37.5 Å². The van der Waals surface area contributed by atoms with Crippen molar-refractivity contribution in [3.8, 4) is 0 Å². The van der Waals surface area contributed by atoms with Crippen LogP contribution in [0.5, 0.6) is 0 Å². The van der Waals surface area contributed by atoms with Crippen molar-refractivity contribution in [1.29, 1.82) is 0 Å². The average molecular weight is 370 g/mol. The standard InChI is InChI=1S/C23H20N2O.C2H6/c1-24-20(16-8-4-3-5-9-16)15-21(25-2)17-12-13-19-18-10-6-7-11-22(18)26-23(19)14-17;1-2/h3-15,24H,1-2H3;1-2H3/b20-15-,25-21?;. The number of hydrogen-bond donors (Lipinski definition) is 1. The maximum Gasteiger partial charge on any atom is 0.136 e. The minimum atomic E-state index is 0.879. The van der Waals surface area contributed by atoms with Gasteiger partial charge in [0.05, 0.1) is 5.71 Å². The Morgan fingerprint density at radius 3 is 2.21 bits per heavy atom. The smallest absolute Gasteiger partial charge is 0.136 e. The van der Waals surface area contributed by atoms with Crippen molar-refractivity contribution in [3.63, 3.8) is 0 Å². The van der Waals surface area contributed by atoms with E-state index in [9.17, 15) is 0 Å². The zero-order chi connectivity index (χ0) is 19.9. The molecule has 0 saturated carbocycles. The van der Waals surface area contributed by atoms with Gasteiger partial charge in [0.25, 0.3) is 0 Å².